The highest BCUT2D eigenvalue weighted by atomic mass is 16.5. The summed E-state index contributed by atoms with van der Waals surface area (Å²) in [5, 5.41) is 26.1. The summed E-state index contributed by atoms with van der Waals surface area (Å²) in [6, 6.07) is -0.629. The van der Waals surface area contributed by atoms with Crippen LogP contribution in [0.1, 0.15) is 149 Å². The largest absolute Gasteiger partial charge is 0.460 e. The van der Waals surface area contributed by atoms with Crippen LogP contribution in [0.5, 0.6) is 0 Å². The maximum absolute atomic E-state index is 14.3. The average molecular weight is 900 g/mol. The summed E-state index contributed by atoms with van der Waals surface area (Å²) in [5.74, 6) is -7.10. The number of cyclic esters (lactones) is 1. The van der Waals surface area contributed by atoms with Crippen LogP contribution in [0.4, 0.5) is 0 Å². The fourth-order valence-corrected chi connectivity index (χ4v) is 7.35. The maximum atomic E-state index is 14.3. The van der Waals surface area contributed by atoms with E-state index in [9.17, 15) is 43.5 Å². The van der Waals surface area contributed by atoms with Crippen molar-refractivity contribution in [3.63, 3.8) is 0 Å². The molecule has 17 nitrogen and oxygen atoms in total. The average Bonchev–Trinajstić information content (AvgIpc) is 3.24. The lowest BCUT2D eigenvalue weighted by molar-refractivity contribution is -0.159. The number of nitrogens with one attached hydrogen (secondary N) is 6. The minimum absolute atomic E-state index is 0.0182. The predicted molar refractivity (Wildman–Crippen MR) is 243 cm³/mol. The third kappa shape index (κ3) is 19.8. The van der Waals surface area contributed by atoms with Gasteiger partial charge in [-0.1, -0.05) is 122 Å². The molecule has 1 heterocycles. The van der Waals surface area contributed by atoms with Gasteiger partial charge in [0.25, 0.3) is 0 Å². The number of hydrogen-bond donors (Lipinski definition) is 8. The van der Waals surface area contributed by atoms with E-state index in [1.165, 1.54) is 52.9 Å². The van der Waals surface area contributed by atoms with Crippen molar-refractivity contribution in [2.24, 2.45) is 17.6 Å². The molecule has 1 aromatic rings. The molecule has 1 aromatic carbocycles. The summed E-state index contributed by atoms with van der Waals surface area (Å²) in [5.41, 5.74) is 7.05. The van der Waals surface area contributed by atoms with Crippen molar-refractivity contribution in [2.75, 3.05) is 0 Å². The molecule has 0 aromatic heterocycles. The summed E-state index contributed by atoms with van der Waals surface area (Å²) in [7, 11) is 0. The first-order valence-corrected chi connectivity index (χ1v) is 23.3. The number of esters is 1. The number of carbonyl (C=O) groups is 8. The van der Waals surface area contributed by atoms with E-state index >= 15 is 0 Å². The molecule has 2 rings (SSSR count). The Morgan fingerprint density at radius 1 is 0.688 bits per heavy atom. The first-order chi connectivity index (χ1) is 30.3. The molecule has 1 fully saturated rings. The molecule has 64 heavy (non-hydrogen) atoms. The maximum Gasteiger partial charge on any atom is 0.329 e. The van der Waals surface area contributed by atoms with Gasteiger partial charge in [-0.15, -0.1) is 0 Å². The second kappa shape index (κ2) is 28.7. The van der Waals surface area contributed by atoms with E-state index in [0.29, 0.717) is 18.4 Å². The highest BCUT2D eigenvalue weighted by molar-refractivity contribution is 5.97. The zero-order valence-electron chi connectivity index (χ0n) is 39.4. The van der Waals surface area contributed by atoms with Crippen molar-refractivity contribution in [1.82, 2.24) is 31.9 Å². The van der Waals surface area contributed by atoms with Gasteiger partial charge in [-0.3, -0.25) is 33.6 Å². The topological polar surface area (TPSA) is 264 Å². The highest BCUT2D eigenvalue weighted by Crippen LogP contribution is 2.23. The van der Waals surface area contributed by atoms with Gasteiger partial charge in [0.05, 0.1) is 12.5 Å². The van der Waals surface area contributed by atoms with Crippen LogP contribution in [0.2, 0.25) is 0 Å². The predicted octanol–water partition coefficient (Wildman–Crippen LogP) is 3.05. The molecular formula is C47H77N7O10. The zero-order valence-corrected chi connectivity index (χ0v) is 39.4. The van der Waals surface area contributed by atoms with Crippen LogP contribution in [0.15, 0.2) is 24.3 Å². The van der Waals surface area contributed by atoms with Crippen LogP contribution in [0.3, 0.4) is 0 Å². The molecule has 0 saturated carbocycles. The summed E-state index contributed by atoms with van der Waals surface area (Å²) < 4.78 is 6.14. The summed E-state index contributed by atoms with van der Waals surface area (Å²) in [4.78, 5) is 108. The highest BCUT2D eigenvalue weighted by Gasteiger charge is 2.37. The molecule has 1 saturated heterocycles. The van der Waals surface area contributed by atoms with E-state index in [1.54, 1.807) is 19.1 Å². The molecular weight excluding hydrogens is 823 g/mol. The van der Waals surface area contributed by atoms with E-state index in [1.807, 2.05) is 32.9 Å². The zero-order chi connectivity index (χ0) is 47.9. The lowest BCUT2D eigenvalue weighted by atomic mass is 9.93. The van der Waals surface area contributed by atoms with Crippen molar-refractivity contribution < 1.29 is 48.2 Å². The lowest BCUT2D eigenvalue weighted by Gasteiger charge is -2.31. The van der Waals surface area contributed by atoms with Gasteiger partial charge in [0.15, 0.2) is 0 Å². The Hall–Kier alpha value is -5.06. The smallest absolute Gasteiger partial charge is 0.329 e. The standard InChI is InChI=1S/C47H77N7O10/c1-9-11-12-13-14-15-16-17-18-19-30(5)37-27-39(57)53-41(33(8)55)46(62)50-31(6)42(58)49-32(7)43(59)51-35(24-25-38(48)56)44(60)52-36(26-34-22-20-28(3)21-23-34)45(61)54-40(29(4)10-2)47(63)64-37/h20-23,29-33,35-37,40-41,55H,9-19,24-27H2,1-8H3,(H2,48,56)(H,49,58)(H,50,62)(H,51,59)(H,52,60)(H,53,57)(H,54,61)/t29-,30-,31+,32+,33-,35+,36+,37-,40+,41+/m0/s1. The number of rotatable bonds is 19. The summed E-state index contributed by atoms with van der Waals surface area (Å²) >= 11 is 0. The normalized spacial score (nSPS) is 25.1. The number of carbonyl (C=O) groups excluding carboxylic acids is 8. The number of amides is 7. The Kier molecular flexibility index (Phi) is 24.7. The van der Waals surface area contributed by atoms with E-state index in [0.717, 1.165) is 31.2 Å². The van der Waals surface area contributed by atoms with Gasteiger partial charge in [-0.25, -0.2) is 4.79 Å². The Morgan fingerprint density at radius 3 is 1.78 bits per heavy atom. The van der Waals surface area contributed by atoms with Gasteiger partial charge >= 0.3 is 5.97 Å². The summed E-state index contributed by atoms with van der Waals surface area (Å²) in [6.07, 6.45) is 7.66. The second-order valence-electron chi connectivity index (χ2n) is 17.7. The van der Waals surface area contributed by atoms with Crippen LogP contribution in [-0.4, -0.2) is 101 Å². The van der Waals surface area contributed by atoms with E-state index in [-0.39, 0.29) is 31.6 Å². The van der Waals surface area contributed by atoms with E-state index < -0.39 is 102 Å². The molecule has 1 aliphatic heterocycles. The molecule has 0 bridgehead atoms. The molecule has 0 radical (unpaired) electrons. The van der Waals surface area contributed by atoms with Crippen molar-refractivity contribution >= 4 is 47.3 Å². The SMILES string of the molecule is CCCCCCCCCCC[C@H](C)[C@@H]1CC(=O)N[C@H]([C@H](C)O)C(=O)N[C@H](C)C(=O)N[C@H](C)C(=O)N[C@H](CCC(N)=O)C(=O)N[C@H](Cc2ccc(C)cc2)C(=O)N[C@H]([C@@H](C)CC)C(=O)O1. The lowest BCUT2D eigenvalue weighted by Crippen LogP contribution is -2.60. The molecule has 7 amide bonds. The molecule has 0 spiro atoms. The van der Waals surface area contributed by atoms with Crippen molar-refractivity contribution in [3.05, 3.63) is 35.4 Å². The minimum atomic E-state index is -1.51. The number of ether oxygens (including phenoxy) is 1. The van der Waals surface area contributed by atoms with Gasteiger partial charge in [-0.05, 0) is 57.9 Å². The number of primary amides is 1. The Labute approximate surface area is 379 Å². The van der Waals surface area contributed by atoms with Crippen LogP contribution in [-0.2, 0) is 49.5 Å². The quantitative estimate of drug-likeness (QED) is 0.0743. The van der Waals surface area contributed by atoms with Gasteiger partial charge < -0.3 is 47.5 Å². The van der Waals surface area contributed by atoms with Crippen LogP contribution < -0.4 is 37.6 Å². The number of aryl methyl sites for hydroxylation is 1. The second-order valence-corrected chi connectivity index (χ2v) is 17.7. The minimum Gasteiger partial charge on any atom is -0.460 e. The number of hydrogen-bond acceptors (Lipinski definition) is 10. The summed E-state index contributed by atoms with van der Waals surface area (Å²) in [6.45, 7) is 13.5. The van der Waals surface area contributed by atoms with E-state index in [4.69, 9.17) is 10.5 Å². The van der Waals surface area contributed by atoms with Gasteiger partial charge in [0.1, 0.15) is 42.4 Å². The fraction of sp³-hybridized carbons (Fsp3) is 0.702. The fourth-order valence-electron chi connectivity index (χ4n) is 7.35. The van der Waals surface area contributed by atoms with E-state index in [2.05, 4.69) is 38.8 Å². The third-order valence-electron chi connectivity index (χ3n) is 11.9. The number of unbranched alkanes of at least 4 members (excludes halogenated alkanes) is 8. The third-order valence-corrected chi connectivity index (χ3v) is 11.9. The van der Waals surface area contributed by atoms with Crippen LogP contribution in [0, 0.1) is 18.8 Å². The molecule has 0 aliphatic carbocycles. The molecule has 0 unspecified atom stereocenters. The molecule has 1 aliphatic rings. The van der Waals surface area contributed by atoms with Gasteiger partial charge in [0, 0.05) is 12.8 Å². The van der Waals surface area contributed by atoms with Crippen molar-refractivity contribution in [2.45, 2.75) is 200 Å². The number of nitrogens with two attached hydrogens (primary N) is 1. The van der Waals surface area contributed by atoms with Crippen LogP contribution >= 0.6 is 0 Å². The first kappa shape index (κ1) is 55.1. The monoisotopic (exact) mass is 900 g/mol. The van der Waals surface area contributed by atoms with Crippen molar-refractivity contribution in [3.8, 4) is 0 Å². The Bertz CT molecular complexity index is 1690. The molecule has 10 atom stereocenters. The first-order valence-electron chi connectivity index (χ1n) is 23.3. The Morgan fingerprint density at radius 2 is 1.22 bits per heavy atom. The Balaban J connectivity index is 2.59. The van der Waals surface area contributed by atoms with Crippen molar-refractivity contribution in [1.29, 1.82) is 0 Å². The molecule has 17 heteroatoms. The van der Waals surface area contributed by atoms with Gasteiger partial charge in [0.2, 0.25) is 41.4 Å². The molecule has 9 N–H and O–H groups in total. The number of aliphatic hydroxyl groups is 1. The number of aliphatic hydroxyl groups excluding tert-OH is 1. The molecule has 360 valence electrons. The van der Waals surface area contributed by atoms with Crippen LogP contribution in [0.25, 0.3) is 0 Å². The van der Waals surface area contributed by atoms with Gasteiger partial charge in [-0.2, -0.15) is 0 Å². The number of benzene rings is 1.